The molecular formula is C7H6BrFO3S. The van der Waals surface area contributed by atoms with Crippen molar-refractivity contribution in [2.24, 2.45) is 0 Å². The van der Waals surface area contributed by atoms with Crippen LogP contribution >= 0.6 is 15.9 Å². The molecule has 1 rings (SSSR count). The molecule has 72 valence electrons. The number of methoxy groups -OCH3 is 1. The summed E-state index contributed by atoms with van der Waals surface area (Å²) < 4.78 is 38.8. The van der Waals surface area contributed by atoms with E-state index in [2.05, 4.69) is 15.9 Å². The van der Waals surface area contributed by atoms with Crippen molar-refractivity contribution in [3.63, 3.8) is 0 Å². The van der Waals surface area contributed by atoms with E-state index in [0.717, 1.165) is 12.1 Å². The van der Waals surface area contributed by atoms with Crippen LogP contribution in [0.5, 0.6) is 5.75 Å². The summed E-state index contributed by atoms with van der Waals surface area (Å²) in [5.41, 5.74) is 0. The van der Waals surface area contributed by atoms with E-state index in [1.807, 2.05) is 0 Å². The molecule has 0 saturated heterocycles. The number of halogens is 2. The minimum atomic E-state index is -4.65. The molecule has 0 radical (unpaired) electrons. The van der Waals surface area contributed by atoms with Gasteiger partial charge in [0.1, 0.15) is 10.6 Å². The quantitative estimate of drug-likeness (QED) is 0.772. The zero-order valence-corrected chi connectivity index (χ0v) is 9.02. The van der Waals surface area contributed by atoms with Crippen molar-refractivity contribution in [1.29, 1.82) is 0 Å². The lowest BCUT2D eigenvalue weighted by Gasteiger charge is -2.03. The van der Waals surface area contributed by atoms with Gasteiger partial charge in [-0.25, -0.2) is 0 Å². The molecule has 3 nitrogen and oxygen atoms in total. The highest BCUT2D eigenvalue weighted by Crippen LogP contribution is 2.27. The van der Waals surface area contributed by atoms with Gasteiger partial charge < -0.3 is 4.74 Å². The smallest absolute Gasteiger partial charge is 0.332 e. The van der Waals surface area contributed by atoms with E-state index in [4.69, 9.17) is 4.74 Å². The Balaban J connectivity index is 3.30. The molecule has 0 bridgehead atoms. The predicted octanol–water partition coefficient (Wildman–Crippen LogP) is 2.12. The molecule has 0 atom stereocenters. The summed E-state index contributed by atoms with van der Waals surface area (Å²) in [5, 5.41) is 0. The lowest BCUT2D eigenvalue weighted by Crippen LogP contribution is -1.93. The van der Waals surface area contributed by atoms with Gasteiger partial charge >= 0.3 is 10.2 Å². The molecule has 0 aliphatic rings. The maximum absolute atomic E-state index is 12.5. The van der Waals surface area contributed by atoms with Crippen molar-refractivity contribution in [2.45, 2.75) is 4.90 Å². The fourth-order valence-corrected chi connectivity index (χ4v) is 1.68. The number of hydrogen-bond donors (Lipinski definition) is 0. The Morgan fingerprint density at radius 2 is 2.08 bits per heavy atom. The average molecular weight is 269 g/mol. The van der Waals surface area contributed by atoms with Gasteiger partial charge in [0.15, 0.2) is 0 Å². The van der Waals surface area contributed by atoms with Crippen LogP contribution in [0, 0.1) is 0 Å². The van der Waals surface area contributed by atoms with Gasteiger partial charge in [-0.05, 0) is 28.1 Å². The molecule has 0 saturated carbocycles. The molecule has 13 heavy (non-hydrogen) atoms. The van der Waals surface area contributed by atoms with Gasteiger partial charge in [-0.1, -0.05) is 0 Å². The van der Waals surface area contributed by atoms with Crippen LogP contribution < -0.4 is 4.74 Å². The second-order valence-electron chi connectivity index (χ2n) is 2.23. The monoisotopic (exact) mass is 268 g/mol. The van der Waals surface area contributed by atoms with Gasteiger partial charge in [-0.2, -0.15) is 8.42 Å². The number of hydrogen-bond acceptors (Lipinski definition) is 3. The highest BCUT2D eigenvalue weighted by molar-refractivity contribution is 9.10. The van der Waals surface area contributed by atoms with Gasteiger partial charge in [0.05, 0.1) is 11.6 Å². The fourth-order valence-electron chi connectivity index (χ4n) is 0.792. The Labute approximate surface area is 83.9 Å². The Hall–Kier alpha value is -0.620. The van der Waals surface area contributed by atoms with E-state index in [-0.39, 0.29) is 5.75 Å². The van der Waals surface area contributed by atoms with E-state index in [1.165, 1.54) is 13.2 Å². The largest absolute Gasteiger partial charge is 0.496 e. The zero-order chi connectivity index (χ0) is 10.1. The van der Waals surface area contributed by atoms with E-state index >= 15 is 0 Å². The molecule has 0 N–H and O–H groups in total. The van der Waals surface area contributed by atoms with Crippen molar-refractivity contribution in [3.8, 4) is 5.75 Å². The van der Waals surface area contributed by atoms with Crippen LogP contribution in [0.4, 0.5) is 3.89 Å². The molecule has 0 heterocycles. The van der Waals surface area contributed by atoms with Crippen LogP contribution in [-0.2, 0) is 10.2 Å². The summed E-state index contributed by atoms with van der Waals surface area (Å²) >= 11 is 3.12. The van der Waals surface area contributed by atoms with Crippen LogP contribution in [0.3, 0.4) is 0 Å². The first-order chi connectivity index (χ1) is 5.95. The van der Waals surface area contributed by atoms with Crippen LogP contribution in [0.1, 0.15) is 0 Å². The average Bonchev–Trinajstić information content (AvgIpc) is 2.03. The highest BCUT2D eigenvalue weighted by Gasteiger charge is 2.13. The van der Waals surface area contributed by atoms with Crippen LogP contribution in [0.15, 0.2) is 27.6 Å². The van der Waals surface area contributed by atoms with Crippen molar-refractivity contribution < 1.29 is 17.0 Å². The molecule has 0 spiro atoms. The van der Waals surface area contributed by atoms with E-state index < -0.39 is 15.1 Å². The normalized spacial score (nSPS) is 11.3. The Bertz CT molecular complexity index is 416. The van der Waals surface area contributed by atoms with Crippen molar-refractivity contribution in [3.05, 3.63) is 22.7 Å². The van der Waals surface area contributed by atoms with Gasteiger partial charge in [-0.3, -0.25) is 0 Å². The Morgan fingerprint density at radius 3 is 2.54 bits per heavy atom. The summed E-state index contributed by atoms with van der Waals surface area (Å²) in [4.78, 5) is -0.410. The minimum absolute atomic E-state index is 0.277. The fraction of sp³-hybridized carbons (Fsp3) is 0.143. The summed E-state index contributed by atoms with van der Waals surface area (Å²) in [5.74, 6) is 0.277. The lowest BCUT2D eigenvalue weighted by molar-refractivity contribution is 0.410. The Morgan fingerprint density at radius 1 is 1.46 bits per heavy atom. The van der Waals surface area contributed by atoms with Gasteiger partial charge in [0.25, 0.3) is 0 Å². The molecule has 0 unspecified atom stereocenters. The second kappa shape index (κ2) is 3.63. The molecule has 6 heteroatoms. The number of ether oxygens (including phenoxy) is 1. The molecular weight excluding hydrogens is 263 g/mol. The molecule has 0 amide bonds. The first-order valence-corrected chi connectivity index (χ1v) is 5.41. The lowest BCUT2D eigenvalue weighted by atomic mass is 10.3. The summed E-state index contributed by atoms with van der Waals surface area (Å²) in [6.45, 7) is 0. The maximum Gasteiger partial charge on any atom is 0.332 e. The number of benzene rings is 1. The van der Waals surface area contributed by atoms with Crippen molar-refractivity contribution in [2.75, 3.05) is 7.11 Å². The minimum Gasteiger partial charge on any atom is -0.496 e. The van der Waals surface area contributed by atoms with Gasteiger partial charge in [-0.15, -0.1) is 3.89 Å². The maximum atomic E-state index is 12.5. The van der Waals surface area contributed by atoms with Crippen LogP contribution in [0.25, 0.3) is 0 Å². The number of rotatable bonds is 2. The Kier molecular flexibility index (Phi) is 2.92. The van der Waals surface area contributed by atoms with Gasteiger partial charge in [0, 0.05) is 6.07 Å². The third-order valence-electron chi connectivity index (χ3n) is 1.40. The molecule has 1 aromatic carbocycles. The second-order valence-corrected chi connectivity index (χ2v) is 4.44. The molecule has 0 aliphatic heterocycles. The van der Waals surface area contributed by atoms with Crippen LogP contribution in [-0.4, -0.2) is 15.5 Å². The van der Waals surface area contributed by atoms with E-state index in [0.29, 0.717) is 4.47 Å². The zero-order valence-electron chi connectivity index (χ0n) is 6.62. The van der Waals surface area contributed by atoms with E-state index in [9.17, 15) is 12.3 Å². The highest BCUT2D eigenvalue weighted by atomic mass is 79.9. The van der Waals surface area contributed by atoms with Crippen LogP contribution in [0.2, 0.25) is 0 Å². The SMILES string of the molecule is COc1cc(S(=O)(=O)F)ccc1Br. The summed E-state index contributed by atoms with van der Waals surface area (Å²) in [7, 11) is -3.28. The molecule has 0 fully saturated rings. The molecule has 0 aromatic heterocycles. The predicted molar refractivity (Wildman–Crippen MR) is 49.0 cm³/mol. The summed E-state index contributed by atoms with van der Waals surface area (Å²) in [6.07, 6.45) is 0. The van der Waals surface area contributed by atoms with E-state index in [1.54, 1.807) is 0 Å². The first-order valence-electron chi connectivity index (χ1n) is 3.23. The third kappa shape index (κ3) is 2.41. The van der Waals surface area contributed by atoms with Crippen molar-refractivity contribution >= 4 is 26.2 Å². The first kappa shape index (κ1) is 10.5. The standard InChI is InChI=1S/C7H6BrFO3S/c1-12-7-4-5(13(9,10)11)2-3-6(7)8/h2-4H,1H3. The third-order valence-corrected chi connectivity index (χ3v) is 2.88. The van der Waals surface area contributed by atoms with Gasteiger partial charge in [0.2, 0.25) is 0 Å². The molecule has 1 aromatic rings. The van der Waals surface area contributed by atoms with Crippen molar-refractivity contribution in [1.82, 2.24) is 0 Å². The molecule has 0 aliphatic carbocycles. The topological polar surface area (TPSA) is 43.4 Å². The summed E-state index contributed by atoms with van der Waals surface area (Å²) in [6, 6.07) is 3.67.